The normalized spacial score (nSPS) is 27.9. The lowest BCUT2D eigenvalue weighted by atomic mass is 9.74. The molecule has 3 nitrogen and oxygen atoms in total. The SMILES string of the molecule is CCOC(=O)C(F)C1(O)CCC(c2ccccc2)CC1. The number of rotatable bonds is 4. The van der Waals surface area contributed by atoms with Crippen LogP contribution in [0.4, 0.5) is 4.39 Å². The Morgan fingerprint density at radius 1 is 1.40 bits per heavy atom. The van der Waals surface area contributed by atoms with E-state index in [4.69, 9.17) is 0 Å². The summed E-state index contributed by atoms with van der Waals surface area (Å²) in [5.41, 5.74) is -0.363. The van der Waals surface area contributed by atoms with Gasteiger partial charge in [0, 0.05) is 0 Å². The second kappa shape index (κ2) is 6.35. The van der Waals surface area contributed by atoms with Crippen molar-refractivity contribution in [2.24, 2.45) is 0 Å². The minimum absolute atomic E-state index is 0.127. The van der Waals surface area contributed by atoms with Crippen LogP contribution in [0.5, 0.6) is 0 Å². The first kappa shape index (κ1) is 15.0. The molecule has 0 amide bonds. The Morgan fingerprint density at radius 3 is 2.55 bits per heavy atom. The molecule has 1 aliphatic carbocycles. The van der Waals surface area contributed by atoms with Crippen LogP contribution in [-0.4, -0.2) is 29.5 Å². The Morgan fingerprint density at radius 2 is 2.00 bits per heavy atom. The monoisotopic (exact) mass is 280 g/mol. The second-order valence-corrected chi connectivity index (χ2v) is 5.40. The molecule has 0 aliphatic heterocycles. The van der Waals surface area contributed by atoms with Crippen LogP contribution in [0.1, 0.15) is 44.1 Å². The molecule has 1 aliphatic rings. The lowest BCUT2D eigenvalue weighted by Gasteiger charge is -2.37. The van der Waals surface area contributed by atoms with E-state index in [-0.39, 0.29) is 19.4 Å². The third-order valence-corrected chi connectivity index (χ3v) is 4.09. The van der Waals surface area contributed by atoms with Crippen molar-refractivity contribution in [1.29, 1.82) is 0 Å². The van der Waals surface area contributed by atoms with Gasteiger partial charge >= 0.3 is 5.97 Å². The lowest BCUT2D eigenvalue weighted by molar-refractivity contribution is -0.163. The molecule has 1 saturated carbocycles. The smallest absolute Gasteiger partial charge is 0.343 e. The Hall–Kier alpha value is -1.42. The molecule has 1 N–H and O–H groups in total. The number of carbonyl (C=O) groups is 1. The largest absolute Gasteiger partial charge is 0.464 e. The highest BCUT2D eigenvalue weighted by atomic mass is 19.1. The highest BCUT2D eigenvalue weighted by Crippen LogP contribution is 2.40. The predicted molar refractivity (Wildman–Crippen MR) is 74.1 cm³/mol. The topological polar surface area (TPSA) is 46.5 Å². The zero-order valence-electron chi connectivity index (χ0n) is 11.7. The number of ether oxygens (including phenoxy) is 1. The van der Waals surface area contributed by atoms with Crippen LogP contribution in [-0.2, 0) is 9.53 Å². The van der Waals surface area contributed by atoms with Gasteiger partial charge in [-0.15, -0.1) is 0 Å². The summed E-state index contributed by atoms with van der Waals surface area (Å²) >= 11 is 0. The maximum Gasteiger partial charge on any atom is 0.343 e. The highest BCUT2D eigenvalue weighted by Gasteiger charge is 2.45. The number of esters is 1. The van der Waals surface area contributed by atoms with E-state index in [1.807, 2.05) is 30.3 Å². The van der Waals surface area contributed by atoms with Crippen molar-refractivity contribution in [1.82, 2.24) is 0 Å². The molecule has 0 bridgehead atoms. The van der Waals surface area contributed by atoms with Gasteiger partial charge in [0.1, 0.15) is 5.60 Å². The number of benzene rings is 1. The first-order valence-corrected chi connectivity index (χ1v) is 7.15. The number of hydrogen-bond acceptors (Lipinski definition) is 3. The molecule has 4 heteroatoms. The summed E-state index contributed by atoms with van der Waals surface area (Å²) in [4.78, 5) is 11.4. The molecule has 1 unspecified atom stereocenters. The molecule has 2 rings (SSSR count). The van der Waals surface area contributed by atoms with Gasteiger partial charge in [0.25, 0.3) is 0 Å². The number of halogens is 1. The minimum atomic E-state index is -1.95. The van der Waals surface area contributed by atoms with Gasteiger partial charge in [-0.25, -0.2) is 9.18 Å². The van der Waals surface area contributed by atoms with Crippen LogP contribution in [0.25, 0.3) is 0 Å². The summed E-state index contributed by atoms with van der Waals surface area (Å²) in [6, 6.07) is 10.0. The van der Waals surface area contributed by atoms with Crippen LogP contribution in [0.2, 0.25) is 0 Å². The molecule has 110 valence electrons. The zero-order chi connectivity index (χ0) is 14.6. The van der Waals surface area contributed by atoms with Crippen molar-refractivity contribution in [3.63, 3.8) is 0 Å². The molecule has 0 heterocycles. The second-order valence-electron chi connectivity index (χ2n) is 5.40. The quantitative estimate of drug-likeness (QED) is 0.862. The summed E-state index contributed by atoms with van der Waals surface area (Å²) in [5.74, 6) is -0.626. The van der Waals surface area contributed by atoms with Gasteiger partial charge in [0.05, 0.1) is 6.61 Å². The van der Waals surface area contributed by atoms with Crippen LogP contribution >= 0.6 is 0 Å². The van der Waals surface area contributed by atoms with Crippen molar-refractivity contribution in [3.8, 4) is 0 Å². The Balaban J connectivity index is 1.97. The zero-order valence-corrected chi connectivity index (χ0v) is 11.7. The molecule has 1 aromatic rings. The Bertz CT molecular complexity index is 438. The highest BCUT2D eigenvalue weighted by molar-refractivity contribution is 5.76. The van der Waals surface area contributed by atoms with Gasteiger partial charge in [-0.2, -0.15) is 0 Å². The average Bonchev–Trinajstić information content (AvgIpc) is 2.48. The molecular formula is C16H21FO3. The summed E-state index contributed by atoms with van der Waals surface area (Å²) < 4.78 is 18.7. The van der Waals surface area contributed by atoms with Crippen molar-refractivity contribution < 1.29 is 19.0 Å². The number of aliphatic hydroxyl groups is 1. The van der Waals surface area contributed by atoms with E-state index < -0.39 is 17.7 Å². The van der Waals surface area contributed by atoms with Gasteiger partial charge < -0.3 is 9.84 Å². The standard InChI is InChI=1S/C16H21FO3/c1-2-20-15(18)14(17)16(19)10-8-13(9-11-16)12-6-4-3-5-7-12/h3-7,13-14,19H,2,8-11H2,1H3. The first-order valence-electron chi connectivity index (χ1n) is 7.15. The summed E-state index contributed by atoms with van der Waals surface area (Å²) in [6.07, 6.45) is -0.0149. The van der Waals surface area contributed by atoms with Gasteiger partial charge in [-0.3, -0.25) is 0 Å². The molecule has 1 aromatic carbocycles. The number of hydrogen-bond donors (Lipinski definition) is 1. The summed E-state index contributed by atoms with van der Waals surface area (Å²) in [7, 11) is 0. The fourth-order valence-electron chi connectivity index (χ4n) is 2.86. The predicted octanol–water partition coefficient (Wildman–Crippen LogP) is 2.98. The summed E-state index contributed by atoms with van der Waals surface area (Å²) in [6.45, 7) is 1.75. The molecule has 0 spiro atoms. The number of alkyl halides is 1. The van der Waals surface area contributed by atoms with E-state index in [1.54, 1.807) is 6.92 Å². The minimum Gasteiger partial charge on any atom is -0.464 e. The fraction of sp³-hybridized carbons (Fsp3) is 0.562. The van der Waals surface area contributed by atoms with E-state index in [0.717, 1.165) is 0 Å². The van der Waals surface area contributed by atoms with Crippen LogP contribution in [0.3, 0.4) is 0 Å². The molecule has 20 heavy (non-hydrogen) atoms. The first-order chi connectivity index (χ1) is 9.57. The van der Waals surface area contributed by atoms with Crippen LogP contribution in [0, 0.1) is 0 Å². The molecule has 0 radical (unpaired) electrons. The maximum atomic E-state index is 14.1. The lowest BCUT2D eigenvalue weighted by Crippen LogP contribution is -2.47. The van der Waals surface area contributed by atoms with Gasteiger partial charge in [-0.05, 0) is 44.1 Å². The molecule has 0 aromatic heterocycles. The van der Waals surface area contributed by atoms with Crippen molar-refractivity contribution in [2.75, 3.05) is 6.61 Å². The Kier molecular flexibility index (Phi) is 4.76. The number of carbonyl (C=O) groups excluding carboxylic acids is 1. The fourth-order valence-corrected chi connectivity index (χ4v) is 2.86. The molecule has 1 fully saturated rings. The van der Waals surface area contributed by atoms with E-state index in [2.05, 4.69) is 4.74 Å². The van der Waals surface area contributed by atoms with Crippen molar-refractivity contribution in [2.45, 2.75) is 50.3 Å². The third-order valence-electron chi connectivity index (χ3n) is 4.09. The van der Waals surface area contributed by atoms with E-state index >= 15 is 0 Å². The van der Waals surface area contributed by atoms with Gasteiger partial charge in [0.15, 0.2) is 0 Å². The Labute approximate surface area is 118 Å². The van der Waals surface area contributed by atoms with Crippen LogP contribution < -0.4 is 0 Å². The van der Waals surface area contributed by atoms with E-state index in [0.29, 0.717) is 18.8 Å². The van der Waals surface area contributed by atoms with Crippen molar-refractivity contribution >= 4 is 5.97 Å². The average molecular weight is 280 g/mol. The van der Waals surface area contributed by atoms with Crippen LogP contribution in [0.15, 0.2) is 30.3 Å². The third kappa shape index (κ3) is 3.18. The van der Waals surface area contributed by atoms with Crippen molar-refractivity contribution in [3.05, 3.63) is 35.9 Å². The molecule has 0 saturated heterocycles. The van der Waals surface area contributed by atoms with Gasteiger partial charge in [0.2, 0.25) is 6.17 Å². The molecular weight excluding hydrogens is 259 g/mol. The molecule has 1 atom stereocenters. The van der Waals surface area contributed by atoms with Gasteiger partial charge in [-0.1, -0.05) is 30.3 Å². The maximum absolute atomic E-state index is 14.1. The van der Waals surface area contributed by atoms with E-state index in [1.165, 1.54) is 5.56 Å². The summed E-state index contributed by atoms with van der Waals surface area (Å²) in [5, 5.41) is 10.3. The van der Waals surface area contributed by atoms with E-state index in [9.17, 15) is 14.3 Å².